The van der Waals surface area contributed by atoms with Crippen LogP contribution >= 0.6 is 24.0 Å². The average Bonchev–Trinajstić information content (AvgIpc) is 3.17. The Morgan fingerprint density at radius 3 is 2.21 bits per heavy atom. The summed E-state index contributed by atoms with van der Waals surface area (Å²) >= 11 is 0. The molecule has 0 atom stereocenters. The third kappa shape index (κ3) is 6.54. The van der Waals surface area contributed by atoms with Crippen LogP contribution in [-0.2, 0) is 21.4 Å². The summed E-state index contributed by atoms with van der Waals surface area (Å²) in [6, 6.07) is 6.67. The lowest BCUT2D eigenvalue weighted by atomic mass is 9.84. The maximum atomic E-state index is 12.7. The molecule has 1 aliphatic rings. The van der Waals surface area contributed by atoms with Crippen LogP contribution in [0.5, 0.6) is 0 Å². The Labute approximate surface area is 191 Å². The lowest BCUT2D eigenvalue weighted by Gasteiger charge is -2.31. The first kappa shape index (κ1) is 25.6. The number of hydrogen-bond donors (Lipinski definition) is 3. The van der Waals surface area contributed by atoms with Crippen LogP contribution in [0.1, 0.15) is 31.2 Å². The number of hydrogen-bond acceptors (Lipinski definition) is 4. The van der Waals surface area contributed by atoms with Crippen LogP contribution in [0.3, 0.4) is 0 Å². The Hall–Kier alpha value is -1.40. The van der Waals surface area contributed by atoms with Gasteiger partial charge in [0.25, 0.3) is 0 Å². The summed E-state index contributed by atoms with van der Waals surface area (Å²) in [5, 5.41) is 6.50. The number of sulfonamides is 1. The summed E-state index contributed by atoms with van der Waals surface area (Å²) in [7, 11) is 3.24. The van der Waals surface area contributed by atoms with Crippen molar-refractivity contribution in [3.8, 4) is 0 Å². The van der Waals surface area contributed by atoms with E-state index in [1.165, 1.54) is 7.05 Å². The predicted molar refractivity (Wildman–Crippen MR) is 126 cm³/mol. The highest BCUT2D eigenvalue weighted by atomic mass is 127. The molecular formula is C19H32IN5O3S. The zero-order chi connectivity index (χ0) is 20.8. The van der Waals surface area contributed by atoms with Crippen LogP contribution in [0.15, 0.2) is 34.2 Å². The fourth-order valence-corrected chi connectivity index (χ4v) is 4.29. The largest absolute Gasteiger partial charge is 0.355 e. The van der Waals surface area contributed by atoms with E-state index in [0.717, 1.165) is 31.2 Å². The number of halogens is 1. The van der Waals surface area contributed by atoms with Crippen LogP contribution < -0.4 is 15.4 Å². The van der Waals surface area contributed by atoms with Gasteiger partial charge in [0.15, 0.2) is 5.96 Å². The number of amides is 1. The first-order valence-corrected chi connectivity index (χ1v) is 10.9. The second-order valence-electron chi connectivity index (χ2n) is 7.32. The van der Waals surface area contributed by atoms with Crippen molar-refractivity contribution in [2.45, 2.75) is 37.1 Å². The van der Waals surface area contributed by atoms with Gasteiger partial charge in [0, 0.05) is 34.2 Å². The van der Waals surface area contributed by atoms with E-state index in [4.69, 9.17) is 0 Å². The Morgan fingerprint density at radius 2 is 1.72 bits per heavy atom. The van der Waals surface area contributed by atoms with Gasteiger partial charge in [-0.05, 0) is 37.6 Å². The number of benzene rings is 1. The maximum Gasteiger partial charge on any atom is 0.240 e. The zero-order valence-corrected chi connectivity index (χ0v) is 20.6. The van der Waals surface area contributed by atoms with E-state index in [1.807, 2.05) is 0 Å². The Kier molecular flexibility index (Phi) is 9.83. The summed E-state index contributed by atoms with van der Waals surface area (Å²) in [5.41, 5.74) is 0.558. The summed E-state index contributed by atoms with van der Waals surface area (Å²) in [4.78, 5) is 18.8. The molecule has 0 saturated heterocycles. The highest BCUT2D eigenvalue weighted by molar-refractivity contribution is 14.0. The lowest BCUT2D eigenvalue weighted by molar-refractivity contribution is -0.138. The molecule has 1 aromatic rings. The van der Waals surface area contributed by atoms with Crippen LogP contribution in [0.2, 0.25) is 0 Å². The van der Waals surface area contributed by atoms with Gasteiger partial charge in [-0.2, -0.15) is 0 Å². The molecule has 0 spiro atoms. The number of carbonyl (C=O) groups is 1. The molecule has 2 rings (SSSR count). The van der Waals surface area contributed by atoms with Gasteiger partial charge in [0.1, 0.15) is 0 Å². The van der Waals surface area contributed by atoms with E-state index in [1.54, 1.807) is 50.3 Å². The molecule has 1 aromatic carbocycles. The molecule has 1 aliphatic carbocycles. The second kappa shape index (κ2) is 11.1. The Bertz CT molecular complexity index is 804. The smallest absolute Gasteiger partial charge is 0.240 e. The van der Waals surface area contributed by atoms with Crippen molar-refractivity contribution in [2.75, 3.05) is 34.7 Å². The van der Waals surface area contributed by atoms with Gasteiger partial charge in [-0.25, -0.2) is 13.1 Å². The molecule has 1 amide bonds. The van der Waals surface area contributed by atoms with E-state index < -0.39 is 10.0 Å². The molecule has 8 nitrogen and oxygen atoms in total. The fourth-order valence-electron chi connectivity index (χ4n) is 3.56. The molecule has 164 valence electrons. The monoisotopic (exact) mass is 537 g/mol. The van der Waals surface area contributed by atoms with Gasteiger partial charge in [0.05, 0.1) is 10.3 Å². The molecule has 0 bridgehead atoms. The summed E-state index contributed by atoms with van der Waals surface area (Å²) in [6.07, 6.45) is 3.90. The number of aliphatic imine (C=N–C) groups is 1. The van der Waals surface area contributed by atoms with Crippen molar-refractivity contribution in [1.82, 2.24) is 20.3 Å². The SMILES string of the molecule is CN=C(NCc1ccc(S(=O)(=O)NC)cc1)NCC1(C(=O)N(C)C)CCCC1.I. The van der Waals surface area contributed by atoms with Gasteiger partial charge in [-0.3, -0.25) is 9.79 Å². The number of carbonyl (C=O) groups excluding carboxylic acids is 1. The Balaban J connectivity index is 0.00000420. The van der Waals surface area contributed by atoms with E-state index in [-0.39, 0.29) is 40.2 Å². The molecule has 1 fully saturated rings. The van der Waals surface area contributed by atoms with Gasteiger partial charge in [0.2, 0.25) is 15.9 Å². The van der Waals surface area contributed by atoms with Crippen molar-refractivity contribution < 1.29 is 13.2 Å². The second-order valence-corrected chi connectivity index (χ2v) is 9.20. The molecule has 0 aliphatic heterocycles. The normalized spacial score (nSPS) is 16.1. The first-order chi connectivity index (χ1) is 13.2. The van der Waals surface area contributed by atoms with Crippen molar-refractivity contribution in [2.24, 2.45) is 10.4 Å². The van der Waals surface area contributed by atoms with Crippen molar-refractivity contribution in [1.29, 1.82) is 0 Å². The highest BCUT2D eigenvalue weighted by Crippen LogP contribution is 2.38. The maximum absolute atomic E-state index is 12.7. The topological polar surface area (TPSA) is 103 Å². The number of nitrogens with one attached hydrogen (secondary N) is 3. The lowest BCUT2D eigenvalue weighted by Crippen LogP contribution is -2.49. The van der Waals surface area contributed by atoms with Gasteiger partial charge < -0.3 is 15.5 Å². The third-order valence-electron chi connectivity index (χ3n) is 5.20. The first-order valence-electron chi connectivity index (χ1n) is 9.43. The molecule has 10 heteroatoms. The van der Waals surface area contributed by atoms with Crippen LogP contribution in [0.4, 0.5) is 0 Å². The highest BCUT2D eigenvalue weighted by Gasteiger charge is 2.42. The molecule has 0 radical (unpaired) electrons. The number of rotatable bonds is 7. The minimum Gasteiger partial charge on any atom is -0.355 e. The molecule has 0 heterocycles. The minimum atomic E-state index is -3.43. The van der Waals surface area contributed by atoms with Crippen molar-refractivity contribution in [3.63, 3.8) is 0 Å². The van der Waals surface area contributed by atoms with Gasteiger partial charge in [-0.1, -0.05) is 25.0 Å². The van der Waals surface area contributed by atoms with Crippen LogP contribution in [-0.4, -0.2) is 59.9 Å². The predicted octanol–water partition coefficient (Wildman–Crippen LogP) is 1.53. The Morgan fingerprint density at radius 1 is 1.14 bits per heavy atom. The molecule has 0 aromatic heterocycles. The molecule has 29 heavy (non-hydrogen) atoms. The fraction of sp³-hybridized carbons (Fsp3) is 0.579. The van der Waals surface area contributed by atoms with Crippen molar-refractivity contribution in [3.05, 3.63) is 29.8 Å². The van der Waals surface area contributed by atoms with Crippen LogP contribution in [0, 0.1) is 5.41 Å². The van der Waals surface area contributed by atoms with Gasteiger partial charge >= 0.3 is 0 Å². The van der Waals surface area contributed by atoms with E-state index in [0.29, 0.717) is 19.0 Å². The van der Waals surface area contributed by atoms with Crippen molar-refractivity contribution >= 4 is 45.9 Å². The quantitative estimate of drug-likeness (QED) is 0.278. The minimum absolute atomic E-state index is 0. The number of guanidine groups is 1. The standard InChI is InChI=1S/C19H31N5O3S.HI/c1-20-18(23-14-19(11-5-6-12-19)17(25)24(3)4)22-13-15-7-9-16(10-8-15)28(26,27)21-2;/h7-10,21H,5-6,11-14H2,1-4H3,(H2,20,22,23);1H. The van der Waals surface area contributed by atoms with E-state index >= 15 is 0 Å². The van der Waals surface area contributed by atoms with Crippen LogP contribution in [0.25, 0.3) is 0 Å². The molecule has 3 N–H and O–H groups in total. The molecule has 1 saturated carbocycles. The van der Waals surface area contributed by atoms with Gasteiger partial charge in [-0.15, -0.1) is 24.0 Å². The number of nitrogens with zero attached hydrogens (tertiary/aromatic N) is 2. The van der Waals surface area contributed by atoms with E-state index in [2.05, 4.69) is 20.3 Å². The summed E-state index contributed by atoms with van der Waals surface area (Å²) in [6.45, 7) is 1.04. The molecular weight excluding hydrogens is 505 g/mol. The zero-order valence-electron chi connectivity index (χ0n) is 17.5. The summed E-state index contributed by atoms with van der Waals surface area (Å²) in [5.74, 6) is 0.777. The average molecular weight is 537 g/mol. The summed E-state index contributed by atoms with van der Waals surface area (Å²) < 4.78 is 25.9. The van der Waals surface area contributed by atoms with E-state index in [9.17, 15) is 13.2 Å². The molecule has 0 unspecified atom stereocenters. The third-order valence-corrected chi connectivity index (χ3v) is 6.63.